The number of carbonyl (C=O) groups excluding carboxylic acids is 6. The fourth-order valence-electron chi connectivity index (χ4n) is 7.71. The van der Waals surface area contributed by atoms with Crippen molar-refractivity contribution in [1.29, 1.82) is 0 Å². The van der Waals surface area contributed by atoms with Gasteiger partial charge in [0.05, 0.1) is 12.2 Å². The van der Waals surface area contributed by atoms with Crippen LogP contribution < -0.4 is 21.3 Å². The number of nitrogens with one attached hydrogen (secondary N) is 4. The second-order valence-corrected chi connectivity index (χ2v) is 14.5. The third-order valence-electron chi connectivity index (χ3n) is 10.8. The van der Waals surface area contributed by atoms with E-state index in [4.69, 9.17) is 0 Å². The molecule has 1 aromatic heterocycles. The Bertz CT molecular complexity index is 1930. The molecule has 3 unspecified atom stereocenters. The number of fused-ring (bicyclic) bond motifs is 1. The number of rotatable bonds is 17. The van der Waals surface area contributed by atoms with Gasteiger partial charge in [0.15, 0.2) is 0 Å². The Morgan fingerprint density at radius 1 is 0.893 bits per heavy atom. The van der Waals surface area contributed by atoms with Crippen molar-refractivity contribution >= 4 is 41.3 Å². The van der Waals surface area contributed by atoms with Gasteiger partial charge in [0.1, 0.15) is 29.9 Å². The van der Waals surface area contributed by atoms with Crippen LogP contribution in [0.15, 0.2) is 73.2 Å². The van der Waals surface area contributed by atoms with E-state index in [2.05, 4.69) is 31.2 Å². The summed E-state index contributed by atoms with van der Waals surface area (Å²) < 4.78 is 0. The number of amides is 5. The van der Waals surface area contributed by atoms with E-state index in [9.17, 15) is 38.7 Å². The van der Waals surface area contributed by atoms with E-state index in [-0.39, 0.29) is 30.9 Å². The Hall–Kier alpha value is -5.99. The zero-order valence-corrected chi connectivity index (χ0v) is 31.9. The molecule has 5 N–H and O–H groups in total. The summed E-state index contributed by atoms with van der Waals surface area (Å²) in [5, 5.41) is 20.4. The molecular formula is C41H49N7O8. The van der Waals surface area contributed by atoms with Gasteiger partial charge in [-0.1, -0.05) is 88.2 Å². The molecule has 5 amide bonds. The van der Waals surface area contributed by atoms with E-state index < -0.39 is 83.5 Å². The molecule has 2 fully saturated rings. The van der Waals surface area contributed by atoms with Crippen molar-refractivity contribution in [3.05, 3.63) is 95.6 Å². The van der Waals surface area contributed by atoms with Crippen molar-refractivity contribution in [3.8, 4) is 0 Å². The van der Waals surface area contributed by atoms with Gasteiger partial charge in [0.2, 0.25) is 23.5 Å². The molecule has 8 atom stereocenters. The predicted molar refractivity (Wildman–Crippen MR) is 204 cm³/mol. The summed E-state index contributed by atoms with van der Waals surface area (Å²) in [6.07, 6.45) is 5.70. The van der Waals surface area contributed by atoms with Crippen LogP contribution in [-0.2, 0) is 41.6 Å². The summed E-state index contributed by atoms with van der Waals surface area (Å²) >= 11 is 0. The van der Waals surface area contributed by atoms with Crippen LogP contribution in [0.1, 0.15) is 73.6 Å². The standard InChI is InChI=1S/C41H49N7O8/c1-5-12-28(35(49)39(53)46-30(41(55)56)19-25-14-8-7-9-15-25)44-38(52)34-26(6-2)21-32-24(4)33(40(54)48(32)34)47-36(50)29(20-27-16-11-10-13-23(27)3)45-37(51)31-22-42-17-18-43-31/h7-11,13-18,22,24,26,28-30,32-34H,5-6,12,19-21H2,1-4H3,(H,44,52)(H,45,51)(H,46,53)(H,47,50)(H,55,56)/t24?,26-,28?,29-,30-,32?,33-,34-/m0/s1. The molecule has 15 nitrogen and oxygen atoms in total. The van der Waals surface area contributed by atoms with Crippen molar-refractivity contribution in [2.24, 2.45) is 11.8 Å². The molecule has 56 heavy (non-hydrogen) atoms. The molecule has 5 rings (SSSR count). The third-order valence-corrected chi connectivity index (χ3v) is 10.8. The van der Waals surface area contributed by atoms with Gasteiger partial charge in [-0.15, -0.1) is 0 Å². The Kier molecular flexibility index (Phi) is 13.7. The molecule has 0 radical (unpaired) electrons. The molecule has 2 aromatic carbocycles. The lowest BCUT2D eigenvalue weighted by Gasteiger charge is -2.29. The van der Waals surface area contributed by atoms with E-state index in [0.717, 1.165) is 11.1 Å². The minimum absolute atomic E-state index is 0.0201. The first-order valence-corrected chi connectivity index (χ1v) is 19.0. The molecule has 2 aliphatic rings. The summed E-state index contributed by atoms with van der Waals surface area (Å²) in [6.45, 7) is 7.40. The van der Waals surface area contributed by atoms with Crippen molar-refractivity contribution < 1.29 is 38.7 Å². The number of carbonyl (C=O) groups is 7. The number of hydrogen-bond donors (Lipinski definition) is 5. The maximum Gasteiger partial charge on any atom is 0.326 e. The third kappa shape index (κ3) is 9.44. The van der Waals surface area contributed by atoms with E-state index in [0.29, 0.717) is 24.8 Å². The number of hydrogen-bond acceptors (Lipinski definition) is 9. The Morgan fingerprint density at radius 2 is 1.61 bits per heavy atom. The molecular weight excluding hydrogens is 718 g/mol. The molecule has 0 spiro atoms. The monoisotopic (exact) mass is 767 g/mol. The smallest absolute Gasteiger partial charge is 0.326 e. The highest BCUT2D eigenvalue weighted by Crippen LogP contribution is 2.42. The summed E-state index contributed by atoms with van der Waals surface area (Å²) in [6, 6.07) is 9.99. The number of nitrogens with zero attached hydrogens (tertiary/aromatic N) is 3. The highest BCUT2D eigenvalue weighted by molar-refractivity contribution is 6.38. The lowest BCUT2D eigenvalue weighted by molar-refractivity contribution is -0.145. The van der Waals surface area contributed by atoms with Gasteiger partial charge in [0.25, 0.3) is 11.8 Å². The van der Waals surface area contributed by atoms with Crippen LogP contribution in [0.3, 0.4) is 0 Å². The SMILES string of the molecule is CCCC(NC(=O)[C@@H]1[C@@H](CC)CC2C(C)[C@H](NC(=O)[C@H](Cc3ccccc3C)NC(=O)c3cnccn3)C(=O)N21)C(=O)C(=O)N[C@@H](Cc1ccccc1)C(=O)O. The average molecular weight is 768 g/mol. The summed E-state index contributed by atoms with van der Waals surface area (Å²) in [5.74, 6) is -6.40. The molecule has 2 saturated heterocycles. The molecule has 15 heteroatoms. The van der Waals surface area contributed by atoms with Gasteiger partial charge in [-0.05, 0) is 42.4 Å². The van der Waals surface area contributed by atoms with Crippen molar-refractivity contribution in [1.82, 2.24) is 36.1 Å². The maximum atomic E-state index is 14.2. The highest BCUT2D eigenvalue weighted by Gasteiger charge is 2.57. The van der Waals surface area contributed by atoms with Gasteiger partial charge in [-0.25, -0.2) is 9.78 Å². The van der Waals surface area contributed by atoms with Gasteiger partial charge in [0, 0.05) is 37.2 Å². The molecule has 3 heterocycles. The van der Waals surface area contributed by atoms with Crippen LogP contribution in [0.2, 0.25) is 0 Å². The predicted octanol–water partition coefficient (Wildman–Crippen LogP) is 1.92. The van der Waals surface area contributed by atoms with E-state index in [1.807, 2.05) is 45.0 Å². The fourth-order valence-corrected chi connectivity index (χ4v) is 7.71. The number of aryl methyl sites for hydroxylation is 1. The topological polar surface area (TPSA) is 217 Å². The minimum atomic E-state index is -1.38. The first kappa shape index (κ1) is 41.2. The number of Topliss-reactive ketones (excluding diaryl/α,β-unsaturated/α-hetero) is 1. The van der Waals surface area contributed by atoms with Crippen molar-refractivity contribution in [2.75, 3.05) is 0 Å². The molecule has 2 aliphatic heterocycles. The van der Waals surface area contributed by atoms with Gasteiger partial charge in [-0.3, -0.25) is 33.8 Å². The Balaban J connectivity index is 1.30. The summed E-state index contributed by atoms with van der Waals surface area (Å²) in [5.41, 5.74) is 2.41. The van der Waals surface area contributed by atoms with Crippen LogP contribution in [-0.4, -0.2) is 97.5 Å². The first-order valence-electron chi connectivity index (χ1n) is 19.0. The quantitative estimate of drug-likeness (QED) is 0.126. The molecule has 0 saturated carbocycles. The second kappa shape index (κ2) is 18.6. The molecule has 296 valence electrons. The maximum absolute atomic E-state index is 14.2. The molecule has 0 bridgehead atoms. The second-order valence-electron chi connectivity index (χ2n) is 14.5. The van der Waals surface area contributed by atoms with Crippen LogP contribution >= 0.6 is 0 Å². The Labute approximate surface area is 325 Å². The minimum Gasteiger partial charge on any atom is -0.480 e. The number of carboxylic acids is 1. The number of aliphatic carboxylic acids is 1. The van der Waals surface area contributed by atoms with Gasteiger partial charge in [-0.2, -0.15) is 0 Å². The summed E-state index contributed by atoms with van der Waals surface area (Å²) in [4.78, 5) is 103. The van der Waals surface area contributed by atoms with Crippen molar-refractivity contribution in [3.63, 3.8) is 0 Å². The molecule has 3 aromatic rings. The number of ketones is 1. The average Bonchev–Trinajstić information content (AvgIpc) is 3.69. The largest absolute Gasteiger partial charge is 0.480 e. The molecule has 0 aliphatic carbocycles. The first-order chi connectivity index (χ1) is 26.8. The highest BCUT2D eigenvalue weighted by atomic mass is 16.4. The van der Waals surface area contributed by atoms with Crippen molar-refractivity contribution in [2.45, 2.75) is 102 Å². The van der Waals surface area contributed by atoms with E-state index in [1.165, 1.54) is 23.5 Å². The number of aromatic nitrogens is 2. The fraction of sp³-hybridized carbons (Fsp3) is 0.439. The van der Waals surface area contributed by atoms with Crippen LogP contribution in [0.4, 0.5) is 0 Å². The normalized spacial score (nSPS) is 21.6. The van der Waals surface area contributed by atoms with Crippen LogP contribution in [0, 0.1) is 18.8 Å². The Morgan fingerprint density at radius 3 is 2.25 bits per heavy atom. The number of benzene rings is 2. The van der Waals surface area contributed by atoms with Gasteiger partial charge < -0.3 is 31.3 Å². The van der Waals surface area contributed by atoms with Crippen LogP contribution in [0.25, 0.3) is 0 Å². The zero-order chi connectivity index (χ0) is 40.5. The van der Waals surface area contributed by atoms with E-state index >= 15 is 0 Å². The zero-order valence-electron chi connectivity index (χ0n) is 31.9. The lowest BCUT2D eigenvalue weighted by atomic mass is 9.88. The van der Waals surface area contributed by atoms with Gasteiger partial charge >= 0.3 is 5.97 Å². The summed E-state index contributed by atoms with van der Waals surface area (Å²) in [7, 11) is 0. The lowest BCUT2D eigenvalue weighted by Crippen LogP contribution is -2.57. The van der Waals surface area contributed by atoms with E-state index in [1.54, 1.807) is 37.3 Å². The van der Waals surface area contributed by atoms with Crippen LogP contribution in [0.5, 0.6) is 0 Å². The number of carboxylic acid groups (broad SMARTS) is 1.